The lowest BCUT2D eigenvalue weighted by molar-refractivity contribution is -0.159. The lowest BCUT2D eigenvalue weighted by atomic mass is 9.80. The van der Waals surface area contributed by atoms with Crippen LogP contribution >= 0.6 is 0 Å². The first-order valence-corrected chi connectivity index (χ1v) is 7.37. The summed E-state index contributed by atoms with van der Waals surface area (Å²) in [6.07, 6.45) is 3.23. The van der Waals surface area contributed by atoms with Crippen molar-refractivity contribution in [3.63, 3.8) is 0 Å². The third-order valence-electron chi connectivity index (χ3n) is 4.93. The number of hydrogen-bond donors (Lipinski definition) is 1. The average molecular weight is 286 g/mol. The van der Waals surface area contributed by atoms with Crippen molar-refractivity contribution in [1.29, 1.82) is 0 Å². The largest absolute Gasteiger partial charge is 0.351 e. The molecule has 3 aliphatic rings. The van der Waals surface area contributed by atoms with E-state index in [1.807, 2.05) is 0 Å². The second-order valence-electron chi connectivity index (χ2n) is 6.47. The smallest absolute Gasteiger partial charge is 0.249 e. The number of rotatable bonds is 1. The molecule has 4 nitrogen and oxygen atoms in total. The van der Waals surface area contributed by atoms with Crippen LogP contribution in [0.1, 0.15) is 44.9 Å². The highest BCUT2D eigenvalue weighted by molar-refractivity contribution is 5.81. The Bertz CT molecular complexity index is 433. The molecule has 2 amide bonds. The Balaban J connectivity index is 1.58. The number of carbonyl (C=O) groups is 2. The van der Waals surface area contributed by atoms with Crippen LogP contribution in [0.25, 0.3) is 0 Å². The number of amides is 2. The molecule has 112 valence electrons. The molecule has 1 atom stereocenters. The molecule has 1 spiro atoms. The van der Waals surface area contributed by atoms with Crippen LogP contribution in [0.5, 0.6) is 0 Å². The van der Waals surface area contributed by atoms with Gasteiger partial charge in [-0.3, -0.25) is 9.59 Å². The number of hydrogen-bond acceptors (Lipinski definition) is 2. The number of halogens is 2. The van der Waals surface area contributed by atoms with Crippen LogP contribution in [-0.2, 0) is 9.59 Å². The Morgan fingerprint density at radius 1 is 1.20 bits per heavy atom. The first-order chi connectivity index (χ1) is 9.39. The van der Waals surface area contributed by atoms with Crippen LogP contribution in [0.3, 0.4) is 0 Å². The molecule has 3 rings (SSSR count). The highest BCUT2D eigenvalue weighted by atomic mass is 19.3. The molecule has 1 aliphatic carbocycles. The third kappa shape index (κ3) is 2.52. The number of nitrogens with zero attached hydrogens (tertiary/aromatic N) is 1. The van der Waals surface area contributed by atoms with Crippen LogP contribution in [0.4, 0.5) is 8.78 Å². The van der Waals surface area contributed by atoms with Gasteiger partial charge in [-0.2, -0.15) is 0 Å². The molecule has 2 heterocycles. The summed E-state index contributed by atoms with van der Waals surface area (Å²) in [4.78, 5) is 25.3. The van der Waals surface area contributed by atoms with Crippen molar-refractivity contribution in [2.45, 2.75) is 56.4 Å². The summed E-state index contributed by atoms with van der Waals surface area (Å²) >= 11 is 0. The molecule has 0 aromatic heterocycles. The fraction of sp³-hybridized carbons (Fsp3) is 0.857. The Hall–Kier alpha value is -1.20. The molecule has 1 unspecified atom stereocenters. The summed E-state index contributed by atoms with van der Waals surface area (Å²) in [6, 6.07) is 0. The van der Waals surface area contributed by atoms with Crippen LogP contribution in [0, 0.1) is 5.92 Å². The first-order valence-electron chi connectivity index (χ1n) is 7.37. The van der Waals surface area contributed by atoms with Crippen molar-refractivity contribution in [3.05, 3.63) is 0 Å². The quantitative estimate of drug-likeness (QED) is 0.797. The van der Waals surface area contributed by atoms with Crippen LogP contribution in [-0.4, -0.2) is 41.3 Å². The molecular formula is C14H20F2N2O2. The van der Waals surface area contributed by atoms with Crippen molar-refractivity contribution >= 4 is 11.8 Å². The lowest BCUT2D eigenvalue weighted by Gasteiger charge is -2.37. The molecule has 2 saturated heterocycles. The minimum Gasteiger partial charge on any atom is -0.351 e. The van der Waals surface area contributed by atoms with E-state index in [2.05, 4.69) is 5.32 Å². The minimum atomic E-state index is -2.65. The average Bonchev–Trinajstić information content (AvgIpc) is 2.58. The fourth-order valence-electron chi connectivity index (χ4n) is 3.66. The van der Waals surface area contributed by atoms with Gasteiger partial charge in [-0.1, -0.05) is 0 Å². The summed E-state index contributed by atoms with van der Waals surface area (Å²) in [6.45, 7) is 1.19. The normalized spacial score (nSPS) is 33.7. The van der Waals surface area contributed by atoms with Crippen LogP contribution in [0.2, 0.25) is 0 Å². The van der Waals surface area contributed by atoms with Gasteiger partial charge >= 0.3 is 0 Å². The van der Waals surface area contributed by atoms with E-state index in [1.54, 1.807) is 4.90 Å². The number of nitrogens with one attached hydrogen (secondary N) is 1. The van der Waals surface area contributed by atoms with E-state index < -0.39 is 11.8 Å². The molecule has 3 fully saturated rings. The highest BCUT2D eigenvalue weighted by Crippen LogP contribution is 2.43. The highest BCUT2D eigenvalue weighted by Gasteiger charge is 2.50. The molecule has 0 bridgehead atoms. The third-order valence-corrected chi connectivity index (χ3v) is 4.93. The van der Waals surface area contributed by atoms with Crippen molar-refractivity contribution in [3.8, 4) is 0 Å². The van der Waals surface area contributed by atoms with E-state index in [-0.39, 0.29) is 30.2 Å². The van der Waals surface area contributed by atoms with Gasteiger partial charge in [0, 0.05) is 43.8 Å². The summed E-state index contributed by atoms with van der Waals surface area (Å²) < 4.78 is 25.7. The molecule has 0 aromatic rings. The number of carbonyl (C=O) groups excluding carboxylic acids is 2. The maximum atomic E-state index is 12.9. The minimum absolute atomic E-state index is 0.0865. The monoisotopic (exact) mass is 286 g/mol. The zero-order valence-corrected chi connectivity index (χ0v) is 11.5. The van der Waals surface area contributed by atoms with Gasteiger partial charge in [0.25, 0.3) is 0 Å². The Labute approximate surface area is 116 Å². The van der Waals surface area contributed by atoms with Gasteiger partial charge in [0.05, 0.1) is 0 Å². The van der Waals surface area contributed by atoms with Crippen molar-refractivity contribution < 1.29 is 18.4 Å². The Morgan fingerprint density at radius 2 is 1.95 bits per heavy atom. The van der Waals surface area contributed by atoms with Crippen LogP contribution < -0.4 is 5.32 Å². The van der Waals surface area contributed by atoms with Gasteiger partial charge in [-0.05, 0) is 25.7 Å². The van der Waals surface area contributed by atoms with Gasteiger partial charge in [-0.15, -0.1) is 0 Å². The van der Waals surface area contributed by atoms with Crippen molar-refractivity contribution in [1.82, 2.24) is 10.2 Å². The predicted octanol–water partition coefficient (Wildman–Crippen LogP) is 1.69. The van der Waals surface area contributed by atoms with Gasteiger partial charge in [0.2, 0.25) is 17.7 Å². The summed E-state index contributed by atoms with van der Waals surface area (Å²) in [5.74, 6) is -3.19. The van der Waals surface area contributed by atoms with Crippen LogP contribution in [0.15, 0.2) is 0 Å². The Kier molecular flexibility index (Phi) is 3.21. The standard InChI is InChI=1S/C14H20F2N2O2/c15-14(16)8-10(9-14)12(20)18-6-1-3-13(5-7-18)4-2-11(19)17-13/h10H,1-9H2,(H,17,19). The van der Waals surface area contributed by atoms with E-state index >= 15 is 0 Å². The number of likely N-dealkylation sites (tertiary alicyclic amines) is 1. The van der Waals surface area contributed by atoms with Gasteiger partial charge in [0.1, 0.15) is 0 Å². The number of alkyl halides is 2. The molecule has 1 N–H and O–H groups in total. The lowest BCUT2D eigenvalue weighted by Crippen LogP contribution is -2.48. The fourth-order valence-corrected chi connectivity index (χ4v) is 3.66. The molecule has 1 saturated carbocycles. The maximum absolute atomic E-state index is 12.9. The molecule has 0 aromatic carbocycles. The second kappa shape index (κ2) is 4.67. The van der Waals surface area contributed by atoms with Gasteiger partial charge in [-0.25, -0.2) is 8.78 Å². The summed E-state index contributed by atoms with van der Waals surface area (Å²) in [7, 11) is 0. The molecule has 2 aliphatic heterocycles. The predicted molar refractivity (Wildman–Crippen MR) is 68.2 cm³/mol. The second-order valence-corrected chi connectivity index (χ2v) is 6.47. The molecule has 6 heteroatoms. The topological polar surface area (TPSA) is 49.4 Å². The SMILES string of the molecule is O=C1CCC2(CCCN(C(=O)C3CC(F)(F)C3)CC2)N1. The van der Waals surface area contributed by atoms with E-state index in [9.17, 15) is 18.4 Å². The van der Waals surface area contributed by atoms with E-state index in [4.69, 9.17) is 0 Å². The van der Waals surface area contributed by atoms with E-state index in [0.29, 0.717) is 19.5 Å². The van der Waals surface area contributed by atoms with E-state index in [1.165, 1.54) is 0 Å². The van der Waals surface area contributed by atoms with Gasteiger partial charge in [0.15, 0.2) is 0 Å². The van der Waals surface area contributed by atoms with Gasteiger partial charge < -0.3 is 10.2 Å². The Morgan fingerprint density at radius 3 is 2.55 bits per heavy atom. The summed E-state index contributed by atoms with van der Waals surface area (Å²) in [5.41, 5.74) is -0.157. The molecule has 20 heavy (non-hydrogen) atoms. The van der Waals surface area contributed by atoms with Crippen molar-refractivity contribution in [2.24, 2.45) is 5.92 Å². The molecule has 0 radical (unpaired) electrons. The first kappa shape index (κ1) is 13.8. The van der Waals surface area contributed by atoms with Crippen molar-refractivity contribution in [2.75, 3.05) is 13.1 Å². The zero-order chi connectivity index (χ0) is 14.4. The summed E-state index contributed by atoms with van der Waals surface area (Å²) in [5, 5.41) is 3.04. The van der Waals surface area contributed by atoms with E-state index in [0.717, 1.165) is 25.7 Å². The molecular weight excluding hydrogens is 266 g/mol. The zero-order valence-electron chi connectivity index (χ0n) is 11.5. The maximum Gasteiger partial charge on any atom is 0.249 e.